The zero-order valence-corrected chi connectivity index (χ0v) is 10.6. The molecule has 0 aliphatic carbocycles. The highest BCUT2D eigenvalue weighted by Gasteiger charge is 2.18. The Labute approximate surface area is 102 Å². The molecule has 0 spiro atoms. The van der Waals surface area contributed by atoms with Crippen LogP contribution in [0.25, 0.3) is 10.8 Å². The predicted molar refractivity (Wildman–Crippen MR) is 72.3 cm³/mol. The zero-order valence-electron chi connectivity index (χ0n) is 10.6. The van der Waals surface area contributed by atoms with Gasteiger partial charge in [0.2, 0.25) is 0 Å². The Morgan fingerprint density at radius 3 is 2.24 bits per heavy atom. The standard InChI is InChI=1S/C16H18O/c1-11(2)12(3)16(17)15-9-8-13-6-4-5-7-14(13)10-15/h4-12H,1-3H3. The molecule has 0 N–H and O–H groups in total. The fourth-order valence-electron chi connectivity index (χ4n) is 1.91. The average Bonchev–Trinajstić information content (AvgIpc) is 2.36. The Morgan fingerprint density at radius 1 is 0.941 bits per heavy atom. The van der Waals surface area contributed by atoms with Gasteiger partial charge in [0.05, 0.1) is 0 Å². The highest BCUT2D eigenvalue weighted by atomic mass is 16.1. The van der Waals surface area contributed by atoms with Crippen molar-refractivity contribution in [2.24, 2.45) is 11.8 Å². The van der Waals surface area contributed by atoms with Crippen LogP contribution < -0.4 is 0 Å². The fourth-order valence-corrected chi connectivity index (χ4v) is 1.91. The Morgan fingerprint density at radius 2 is 1.59 bits per heavy atom. The number of Topliss-reactive ketones (excluding diaryl/α,β-unsaturated/α-hetero) is 1. The lowest BCUT2D eigenvalue weighted by atomic mass is 9.89. The Bertz CT molecular complexity index is 540. The number of carbonyl (C=O) groups excluding carboxylic acids is 1. The molecule has 0 aliphatic rings. The number of hydrogen-bond donors (Lipinski definition) is 0. The van der Waals surface area contributed by atoms with Crippen molar-refractivity contribution < 1.29 is 4.79 Å². The first-order chi connectivity index (χ1) is 8.09. The van der Waals surface area contributed by atoms with Crippen molar-refractivity contribution in [3.8, 4) is 0 Å². The minimum atomic E-state index is 0.0798. The third-order valence-electron chi connectivity index (χ3n) is 3.45. The lowest BCUT2D eigenvalue weighted by Gasteiger charge is -2.14. The van der Waals surface area contributed by atoms with E-state index >= 15 is 0 Å². The molecule has 0 radical (unpaired) electrons. The molecule has 0 aromatic heterocycles. The van der Waals surface area contributed by atoms with Gasteiger partial charge in [0.1, 0.15) is 0 Å². The summed E-state index contributed by atoms with van der Waals surface area (Å²) in [6.07, 6.45) is 0. The summed E-state index contributed by atoms with van der Waals surface area (Å²) in [5.41, 5.74) is 0.824. The van der Waals surface area contributed by atoms with Gasteiger partial charge in [0.15, 0.2) is 5.78 Å². The third-order valence-corrected chi connectivity index (χ3v) is 3.45. The molecule has 2 rings (SSSR count). The molecule has 88 valence electrons. The molecular formula is C16H18O. The summed E-state index contributed by atoms with van der Waals surface area (Å²) in [7, 11) is 0. The van der Waals surface area contributed by atoms with E-state index in [1.54, 1.807) is 0 Å². The summed E-state index contributed by atoms with van der Waals surface area (Å²) in [6, 6.07) is 14.1. The van der Waals surface area contributed by atoms with Crippen LogP contribution in [0.4, 0.5) is 0 Å². The van der Waals surface area contributed by atoms with E-state index in [4.69, 9.17) is 0 Å². The van der Waals surface area contributed by atoms with E-state index in [9.17, 15) is 4.79 Å². The van der Waals surface area contributed by atoms with Crippen molar-refractivity contribution in [2.45, 2.75) is 20.8 Å². The highest BCUT2D eigenvalue weighted by molar-refractivity contribution is 6.01. The minimum absolute atomic E-state index is 0.0798. The van der Waals surface area contributed by atoms with Crippen LogP contribution in [0.1, 0.15) is 31.1 Å². The first-order valence-corrected chi connectivity index (χ1v) is 6.12. The van der Waals surface area contributed by atoms with Crippen LogP contribution in [-0.2, 0) is 0 Å². The van der Waals surface area contributed by atoms with Crippen LogP contribution in [0.3, 0.4) is 0 Å². The van der Waals surface area contributed by atoms with E-state index in [0.717, 1.165) is 10.9 Å². The fraction of sp³-hybridized carbons (Fsp3) is 0.312. The highest BCUT2D eigenvalue weighted by Crippen LogP contribution is 2.20. The lowest BCUT2D eigenvalue weighted by molar-refractivity contribution is 0.0900. The maximum Gasteiger partial charge on any atom is 0.165 e. The van der Waals surface area contributed by atoms with E-state index in [0.29, 0.717) is 5.92 Å². The molecule has 0 heterocycles. The second-order valence-corrected chi connectivity index (χ2v) is 4.96. The zero-order chi connectivity index (χ0) is 12.4. The van der Waals surface area contributed by atoms with E-state index in [1.165, 1.54) is 5.39 Å². The molecule has 0 saturated heterocycles. The number of carbonyl (C=O) groups is 1. The van der Waals surface area contributed by atoms with Crippen LogP contribution >= 0.6 is 0 Å². The van der Waals surface area contributed by atoms with Crippen molar-refractivity contribution in [1.82, 2.24) is 0 Å². The molecule has 0 amide bonds. The quantitative estimate of drug-likeness (QED) is 0.712. The minimum Gasteiger partial charge on any atom is -0.294 e. The molecule has 0 bridgehead atoms. The monoisotopic (exact) mass is 226 g/mol. The third kappa shape index (κ3) is 2.38. The van der Waals surface area contributed by atoms with Crippen LogP contribution in [0, 0.1) is 11.8 Å². The topological polar surface area (TPSA) is 17.1 Å². The smallest absolute Gasteiger partial charge is 0.165 e. The van der Waals surface area contributed by atoms with Gasteiger partial charge in [-0.15, -0.1) is 0 Å². The molecule has 1 heteroatoms. The summed E-state index contributed by atoms with van der Waals surface area (Å²) in [5.74, 6) is 0.705. The lowest BCUT2D eigenvalue weighted by Crippen LogP contribution is -2.16. The molecule has 0 saturated carbocycles. The molecule has 1 nitrogen and oxygen atoms in total. The van der Waals surface area contributed by atoms with Gasteiger partial charge in [-0.3, -0.25) is 4.79 Å². The molecule has 2 aromatic rings. The van der Waals surface area contributed by atoms with Crippen molar-refractivity contribution in [3.05, 3.63) is 48.0 Å². The van der Waals surface area contributed by atoms with Gasteiger partial charge < -0.3 is 0 Å². The van der Waals surface area contributed by atoms with E-state index < -0.39 is 0 Å². The van der Waals surface area contributed by atoms with Gasteiger partial charge in [-0.2, -0.15) is 0 Å². The van der Waals surface area contributed by atoms with E-state index in [2.05, 4.69) is 19.9 Å². The number of hydrogen-bond acceptors (Lipinski definition) is 1. The predicted octanol–water partition coefficient (Wildman–Crippen LogP) is 4.31. The van der Waals surface area contributed by atoms with Crippen molar-refractivity contribution in [3.63, 3.8) is 0 Å². The van der Waals surface area contributed by atoms with E-state index in [1.807, 2.05) is 43.3 Å². The number of fused-ring (bicyclic) bond motifs is 1. The average molecular weight is 226 g/mol. The number of rotatable bonds is 3. The molecule has 0 aliphatic heterocycles. The molecule has 17 heavy (non-hydrogen) atoms. The second kappa shape index (κ2) is 4.70. The van der Waals surface area contributed by atoms with E-state index in [-0.39, 0.29) is 11.7 Å². The second-order valence-electron chi connectivity index (χ2n) is 4.96. The van der Waals surface area contributed by atoms with Crippen molar-refractivity contribution in [2.75, 3.05) is 0 Å². The van der Waals surface area contributed by atoms with Crippen LogP contribution in [0.15, 0.2) is 42.5 Å². The largest absolute Gasteiger partial charge is 0.294 e. The number of ketones is 1. The maximum absolute atomic E-state index is 12.2. The first-order valence-electron chi connectivity index (χ1n) is 6.12. The molecule has 0 fully saturated rings. The van der Waals surface area contributed by atoms with Crippen LogP contribution in [0.2, 0.25) is 0 Å². The van der Waals surface area contributed by atoms with Gasteiger partial charge >= 0.3 is 0 Å². The first kappa shape index (κ1) is 11.8. The molecule has 1 unspecified atom stereocenters. The Kier molecular flexibility index (Phi) is 3.28. The van der Waals surface area contributed by atoms with Gasteiger partial charge in [-0.25, -0.2) is 0 Å². The van der Waals surface area contributed by atoms with Gasteiger partial charge in [-0.05, 0) is 22.8 Å². The molecular weight excluding hydrogens is 208 g/mol. The summed E-state index contributed by atoms with van der Waals surface area (Å²) >= 11 is 0. The van der Waals surface area contributed by atoms with Gasteiger partial charge in [0, 0.05) is 11.5 Å². The van der Waals surface area contributed by atoms with Crippen LogP contribution in [-0.4, -0.2) is 5.78 Å². The maximum atomic E-state index is 12.2. The summed E-state index contributed by atoms with van der Waals surface area (Å²) in [6.45, 7) is 6.18. The SMILES string of the molecule is CC(C)C(C)C(=O)c1ccc2ccccc2c1. The van der Waals surface area contributed by atoms with Crippen molar-refractivity contribution in [1.29, 1.82) is 0 Å². The molecule has 2 aromatic carbocycles. The van der Waals surface area contributed by atoms with Crippen molar-refractivity contribution >= 4 is 16.6 Å². The van der Waals surface area contributed by atoms with Crippen LogP contribution in [0.5, 0.6) is 0 Å². The summed E-state index contributed by atoms with van der Waals surface area (Å²) in [5, 5.41) is 2.32. The molecule has 1 atom stereocenters. The Hall–Kier alpha value is -1.63. The van der Waals surface area contributed by atoms with Gasteiger partial charge in [0.25, 0.3) is 0 Å². The normalized spacial score (nSPS) is 12.9. The number of benzene rings is 2. The Balaban J connectivity index is 2.40. The van der Waals surface area contributed by atoms with Gasteiger partial charge in [-0.1, -0.05) is 57.2 Å². The summed E-state index contributed by atoms with van der Waals surface area (Å²) < 4.78 is 0. The summed E-state index contributed by atoms with van der Waals surface area (Å²) in [4.78, 5) is 12.2.